The van der Waals surface area contributed by atoms with Gasteiger partial charge in [0.25, 0.3) is 5.91 Å². The average molecular weight is 417 g/mol. The second-order valence-corrected chi connectivity index (χ2v) is 7.68. The van der Waals surface area contributed by atoms with Gasteiger partial charge in [-0.15, -0.1) is 0 Å². The van der Waals surface area contributed by atoms with Gasteiger partial charge in [-0.1, -0.05) is 72.8 Å². The number of aromatic nitrogens is 1. The van der Waals surface area contributed by atoms with Crippen molar-refractivity contribution in [2.75, 3.05) is 32.7 Å². The van der Waals surface area contributed by atoms with Crippen LogP contribution in [-0.4, -0.2) is 53.4 Å². The summed E-state index contributed by atoms with van der Waals surface area (Å²) in [7, 11) is 0. The van der Waals surface area contributed by atoms with Gasteiger partial charge in [-0.3, -0.25) is 14.6 Å². The standard InChI is InChI=1S/C25H28N4O2/c30-25(26-18-22-10-5-2-6-11-22)23-20-31-24(27-23)19-29-16-14-28(15-17-29)13-7-12-21-8-3-1-4-9-21/h1-12,20H,13-19H2,(H,26,30)/b12-7+. The molecule has 0 unspecified atom stereocenters. The highest BCUT2D eigenvalue weighted by atomic mass is 16.3. The topological polar surface area (TPSA) is 61.6 Å². The van der Waals surface area contributed by atoms with E-state index in [1.807, 2.05) is 36.4 Å². The molecule has 1 saturated heterocycles. The Labute approximate surface area is 183 Å². The van der Waals surface area contributed by atoms with Crippen molar-refractivity contribution >= 4 is 12.0 Å². The van der Waals surface area contributed by atoms with Crippen LogP contribution in [0.25, 0.3) is 6.08 Å². The van der Waals surface area contributed by atoms with Gasteiger partial charge in [-0.05, 0) is 11.1 Å². The lowest BCUT2D eigenvalue weighted by molar-refractivity contribution is 0.0945. The third-order valence-corrected chi connectivity index (χ3v) is 5.38. The number of amides is 1. The quantitative estimate of drug-likeness (QED) is 0.610. The van der Waals surface area contributed by atoms with Crippen LogP contribution >= 0.6 is 0 Å². The van der Waals surface area contributed by atoms with Gasteiger partial charge in [0, 0.05) is 39.3 Å². The molecule has 0 saturated carbocycles. The highest BCUT2D eigenvalue weighted by Crippen LogP contribution is 2.10. The summed E-state index contributed by atoms with van der Waals surface area (Å²) in [6.45, 7) is 5.97. The summed E-state index contributed by atoms with van der Waals surface area (Å²) in [5, 5.41) is 2.88. The number of piperazine rings is 1. The minimum atomic E-state index is -0.214. The van der Waals surface area contributed by atoms with E-state index in [1.165, 1.54) is 11.8 Å². The molecule has 160 valence electrons. The molecule has 3 aromatic rings. The van der Waals surface area contributed by atoms with Gasteiger partial charge in [-0.2, -0.15) is 0 Å². The van der Waals surface area contributed by atoms with Gasteiger partial charge in [0.1, 0.15) is 6.26 Å². The number of carbonyl (C=O) groups is 1. The summed E-state index contributed by atoms with van der Waals surface area (Å²) in [6, 6.07) is 20.2. The molecule has 1 aliphatic heterocycles. The van der Waals surface area contributed by atoms with Crippen molar-refractivity contribution in [2.45, 2.75) is 13.1 Å². The number of nitrogens with one attached hydrogen (secondary N) is 1. The lowest BCUT2D eigenvalue weighted by Gasteiger charge is -2.33. The van der Waals surface area contributed by atoms with Gasteiger partial charge in [0.05, 0.1) is 6.54 Å². The first-order chi connectivity index (χ1) is 15.3. The number of rotatable bonds is 8. The largest absolute Gasteiger partial charge is 0.447 e. The van der Waals surface area contributed by atoms with E-state index >= 15 is 0 Å². The Morgan fingerprint density at radius 2 is 1.65 bits per heavy atom. The Morgan fingerprint density at radius 1 is 0.968 bits per heavy atom. The van der Waals surface area contributed by atoms with E-state index in [0.717, 1.165) is 38.3 Å². The smallest absolute Gasteiger partial charge is 0.273 e. The fraction of sp³-hybridized carbons (Fsp3) is 0.280. The third-order valence-electron chi connectivity index (χ3n) is 5.38. The van der Waals surface area contributed by atoms with E-state index in [1.54, 1.807) is 0 Å². The second-order valence-electron chi connectivity index (χ2n) is 7.68. The molecule has 1 fully saturated rings. The lowest BCUT2D eigenvalue weighted by Crippen LogP contribution is -2.45. The summed E-state index contributed by atoms with van der Waals surface area (Å²) in [6.07, 6.45) is 5.84. The summed E-state index contributed by atoms with van der Waals surface area (Å²) in [5.74, 6) is 0.371. The van der Waals surface area contributed by atoms with E-state index in [2.05, 4.69) is 56.5 Å². The normalized spacial score (nSPS) is 15.4. The van der Waals surface area contributed by atoms with E-state index in [9.17, 15) is 4.79 Å². The van der Waals surface area contributed by atoms with Crippen molar-refractivity contribution < 1.29 is 9.21 Å². The molecule has 31 heavy (non-hydrogen) atoms. The Bertz CT molecular complexity index is 977. The maximum Gasteiger partial charge on any atom is 0.273 e. The van der Waals surface area contributed by atoms with Crippen molar-refractivity contribution in [1.29, 1.82) is 0 Å². The summed E-state index contributed by atoms with van der Waals surface area (Å²) >= 11 is 0. The minimum Gasteiger partial charge on any atom is -0.447 e. The lowest BCUT2D eigenvalue weighted by atomic mass is 10.2. The first kappa shape index (κ1) is 21.0. The van der Waals surface area contributed by atoms with Gasteiger partial charge in [0.15, 0.2) is 5.69 Å². The molecule has 2 heterocycles. The van der Waals surface area contributed by atoms with E-state index in [4.69, 9.17) is 4.42 Å². The zero-order valence-corrected chi connectivity index (χ0v) is 17.6. The van der Waals surface area contributed by atoms with Crippen molar-refractivity contribution in [3.8, 4) is 0 Å². The molecule has 1 aromatic heterocycles. The van der Waals surface area contributed by atoms with Crippen LogP contribution in [0.2, 0.25) is 0 Å². The molecule has 1 amide bonds. The molecule has 0 radical (unpaired) electrons. The molecule has 6 heteroatoms. The van der Waals surface area contributed by atoms with Gasteiger partial charge >= 0.3 is 0 Å². The van der Waals surface area contributed by atoms with Crippen LogP contribution in [0.5, 0.6) is 0 Å². The van der Waals surface area contributed by atoms with Gasteiger partial charge in [0.2, 0.25) is 5.89 Å². The number of oxazole rings is 1. The number of hydrogen-bond donors (Lipinski definition) is 1. The average Bonchev–Trinajstić information content (AvgIpc) is 3.29. The van der Waals surface area contributed by atoms with Crippen molar-refractivity contribution in [3.63, 3.8) is 0 Å². The zero-order valence-electron chi connectivity index (χ0n) is 17.6. The minimum absolute atomic E-state index is 0.214. The maximum atomic E-state index is 12.3. The molecule has 2 aromatic carbocycles. The Hall–Kier alpha value is -3.22. The molecule has 0 spiro atoms. The molecular weight excluding hydrogens is 388 g/mol. The highest BCUT2D eigenvalue weighted by molar-refractivity contribution is 5.91. The summed E-state index contributed by atoms with van der Waals surface area (Å²) < 4.78 is 5.54. The Morgan fingerprint density at radius 3 is 2.39 bits per heavy atom. The predicted octanol–water partition coefficient (Wildman–Crippen LogP) is 3.44. The molecule has 1 N–H and O–H groups in total. The first-order valence-electron chi connectivity index (χ1n) is 10.7. The second kappa shape index (κ2) is 10.7. The molecule has 0 atom stereocenters. The van der Waals surface area contributed by atoms with Gasteiger partial charge < -0.3 is 9.73 Å². The molecular formula is C25H28N4O2. The van der Waals surface area contributed by atoms with Crippen LogP contribution in [-0.2, 0) is 13.1 Å². The zero-order chi connectivity index (χ0) is 21.3. The SMILES string of the molecule is O=C(NCc1ccccc1)c1coc(CN2CCN(C/C=C/c3ccccc3)CC2)n1. The number of nitrogens with zero attached hydrogens (tertiary/aromatic N) is 3. The molecule has 4 rings (SSSR count). The molecule has 0 aliphatic carbocycles. The van der Waals surface area contributed by atoms with Crippen LogP contribution in [0.1, 0.15) is 27.5 Å². The first-order valence-corrected chi connectivity index (χ1v) is 10.7. The van der Waals surface area contributed by atoms with E-state index < -0.39 is 0 Å². The fourth-order valence-corrected chi connectivity index (χ4v) is 3.58. The molecule has 0 bridgehead atoms. The summed E-state index contributed by atoms with van der Waals surface area (Å²) in [4.78, 5) is 21.4. The van der Waals surface area contributed by atoms with E-state index in [0.29, 0.717) is 24.7 Å². The number of carbonyl (C=O) groups excluding carboxylic acids is 1. The van der Waals surface area contributed by atoms with Crippen LogP contribution in [0, 0.1) is 0 Å². The maximum absolute atomic E-state index is 12.3. The third kappa shape index (κ3) is 6.38. The van der Waals surface area contributed by atoms with Crippen LogP contribution in [0.4, 0.5) is 0 Å². The van der Waals surface area contributed by atoms with Crippen molar-refractivity contribution in [2.24, 2.45) is 0 Å². The highest BCUT2D eigenvalue weighted by Gasteiger charge is 2.19. The Balaban J connectivity index is 1.19. The Kier molecular flexibility index (Phi) is 7.26. The number of benzene rings is 2. The monoisotopic (exact) mass is 416 g/mol. The fourth-order valence-electron chi connectivity index (χ4n) is 3.58. The van der Waals surface area contributed by atoms with Crippen LogP contribution < -0.4 is 5.32 Å². The van der Waals surface area contributed by atoms with Crippen LogP contribution in [0.3, 0.4) is 0 Å². The van der Waals surface area contributed by atoms with Crippen LogP contribution in [0.15, 0.2) is 77.4 Å². The summed E-state index contributed by atoms with van der Waals surface area (Å²) in [5.41, 5.74) is 2.61. The number of hydrogen-bond acceptors (Lipinski definition) is 5. The molecule has 6 nitrogen and oxygen atoms in total. The molecule has 1 aliphatic rings. The van der Waals surface area contributed by atoms with Crippen molar-refractivity contribution in [1.82, 2.24) is 20.1 Å². The van der Waals surface area contributed by atoms with Crippen molar-refractivity contribution in [3.05, 3.63) is 95.7 Å². The predicted molar refractivity (Wildman–Crippen MR) is 121 cm³/mol. The van der Waals surface area contributed by atoms with E-state index in [-0.39, 0.29) is 5.91 Å². The van der Waals surface area contributed by atoms with Gasteiger partial charge in [-0.25, -0.2) is 4.98 Å².